The number of aromatic nitrogens is 3. The van der Waals surface area contributed by atoms with Gasteiger partial charge in [0.25, 0.3) is 0 Å². The molecule has 1 heterocycles. The van der Waals surface area contributed by atoms with E-state index in [1.807, 2.05) is 0 Å². The highest BCUT2D eigenvalue weighted by molar-refractivity contribution is 5.69. The van der Waals surface area contributed by atoms with E-state index >= 15 is 0 Å². The Kier molecular flexibility index (Phi) is 3.00. The Bertz CT molecular complexity index is 589. The van der Waals surface area contributed by atoms with Gasteiger partial charge in [0.1, 0.15) is 11.5 Å². The van der Waals surface area contributed by atoms with Gasteiger partial charge in [0.05, 0.1) is 18.3 Å². The molecule has 0 atom stereocenters. The maximum atomic E-state index is 13.4. The lowest BCUT2D eigenvalue weighted by Crippen LogP contribution is -2.03. The molecule has 8 heteroatoms. The van der Waals surface area contributed by atoms with Gasteiger partial charge in [-0.15, -0.1) is 5.10 Å². The second-order valence-corrected chi connectivity index (χ2v) is 3.44. The lowest BCUT2D eigenvalue weighted by molar-refractivity contribution is -0.136. The molecule has 1 aromatic heterocycles. The number of carboxylic acids is 1. The molecule has 0 aliphatic rings. The summed E-state index contributed by atoms with van der Waals surface area (Å²) in [6.07, 6.45) is 0.637. The van der Waals surface area contributed by atoms with Crippen molar-refractivity contribution in [1.82, 2.24) is 15.0 Å². The monoisotopic (exact) mass is 257 g/mol. The molecular formula is C10H6F3N3O2. The van der Waals surface area contributed by atoms with E-state index in [-0.39, 0.29) is 5.69 Å². The highest BCUT2D eigenvalue weighted by Crippen LogP contribution is 2.18. The minimum atomic E-state index is -1.15. The average molecular weight is 257 g/mol. The normalized spacial score (nSPS) is 10.6. The third-order valence-corrected chi connectivity index (χ3v) is 2.08. The quantitative estimate of drug-likeness (QED) is 0.900. The summed E-state index contributed by atoms with van der Waals surface area (Å²) < 4.78 is 40.2. The lowest BCUT2D eigenvalue weighted by atomic mass is 10.2. The van der Waals surface area contributed by atoms with Gasteiger partial charge in [0.2, 0.25) is 0 Å². The van der Waals surface area contributed by atoms with Crippen molar-refractivity contribution in [3.8, 4) is 5.69 Å². The van der Waals surface area contributed by atoms with Crippen LogP contribution in [0.5, 0.6) is 0 Å². The minimum absolute atomic E-state index is 0.0330. The standard InChI is InChI=1S/C10H6F3N3O2/c11-5-1-7(12)10(8(13)2-5)16-4-6(14-15-16)3-9(17)18/h1-2,4H,3H2,(H,17,18). The maximum absolute atomic E-state index is 13.4. The Morgan fingerprint density at radius 1 is 1.28 bits per heavy atom. The van der Waals surface area contributed by atoms with Gasteiger partial charge in [-0.1, -0.05) is 5.21 Å². The van der Waals surface area contributed by atoms with E-state index in [0.717, 1.165) is 10.9 Å². The smallest absolute Gasteiger partial charge is 0.309 e. The number of nitrogens with zero attached hydrogens (tertiary/aromatic N) is 3. The molecule has 0 bridgehead atoms. The number of hydrogen-bond donors (Lipinski definition) is 1. The van der Waals surface area contributed by atoms with Crippen LogP contribution in [0.2, 0.25) is 0 Å². The van der Waals surface area contributed by atoms with Crippen LogP contribution in [-0.4, -0.2) is 26.1 Å². The molecule has 0 radical (unpaired) electrons. The molecule has 2 rings (SSSR count). The molecule has 18 heavy (non-hydrogen) atoms. The third-order valence-electron chi connectivity index (χ3n) is 2.08. The van der Waals surface area contributed by atoms with E-state index in [9.17, 15) is 18.0 Å². The van der Waals surface area contributed by atoms with Crippen molar-refractivity contribution in [2.24, 2.45) is 0 Å². The van der Waals surface area contributed by atoms with E-state index in [4.69, 9.17) is 5.11 Å². The van der Waals surface area contributed by atoms with Crippen LogP contribution in [0.3, 0.4) is 0 Å². The summed E-state index contributed by atoms with van der Waals surface area (Å²) in [6.45, 7) is 0. The van der Waals surface area contributed by atoms with Crippen LogP contribution in [-0.2, 0) is 11.2 Å². The Balaban J connectivity index is 2.43. The van der Waals surface area contributed by atoms with E-state index in [2.05, 4.69) is 10.3 Å². The van der Waals surface area contributed by atoms with Crippen molar-refractivity contribution in [1.29, 1.82) is 0 Å². The molecule has 0 fully saturated rings. The molecule has 1 N–H and O–H groups in total. The van der Waals surface area contributed by atoms with Gasteiger partial charge in [0, 0.05) is 12.1 Å². The Hall–Kier alpha value is -2.38. The van der Waals surface area contributed by atoms with Gasteiger partial charge >= 0.3 is 5.97 Å². The lowest BCUT2D eigenvalue weighted by Gasteiger charge is -2.03. The van der Waals surface area contributed by atoms with Crippen molar-refractivity contribution in [2.45, 2.75) is 6.42 Å². The number of benzene rings is 1. The summed E-state index contributed by atoms with van der Waals surface area (Å²) in [5, 5.41) is 15.4. The van der Waals surface area contributed by atoms with Crippen molar-refractivity contribution < 1.29 is 23.1 Å². The highest BCUT2D eigenvalue weighted by atomic mass is 19.1. The number of halogens is 3. The number of carboxylic acid groups (broad SMARTS) is 1. The van der Waals surface area contributed by atoms with Crippen LogP contribution < -0.4 is 0 Å². The van der Waals surface area contributed by atoms with E-state index in [0.29, 0.717) is 12.1 Å². The molecule has 0 saturated carbocycles. The molecule has 0 aliphatic heterocycles. The predicted molar refractivity (Wildman–Crippen MR) is 52.6 cm³/mol. The molecule has 1 aromatic carbocycles. The van der Waals surface area contributed by atoms with E-state index in [1.54, 1.807) is 0 Å². The van der Waals surface area contributed by atoms with Gasteiger partial charge in [-0.25, -0.2) is 17.9 Å². The first kappa shape index (κ1) is 12.1. The zero-order chi connectivity index (χ0) is 13.3. The van der Waals surface area contributed by atoms with E-state index in [1.165, 1.54) is 0 Å². The zero-order valence-electron chi connectivity index (χ0n) is 8.77. The van der Waals surface area contributed by atoms with Crippen LogP contribution in [0.1, 0.15) is 5.69 Å². The van der Waals surface area contributed by atoms with Crippen LogP contribution in [0.15, 0.2) is 18.3 Å². The van der Waals surface area contributed by atoms with Crippen molar-refractivity contribution in [3.05, 3.63) is 41.5 Å². The molecule has 0 saturated heterocycles. The molecule has 2 aromatic rings. The van der Waals surface area contributed by atoms with Gasteiger partial charge in [-0.2, -0.15) is 0 Å². The summed E-state index contributed by atoms with van der Waals surface area (Å²) in [5.41, 5.74) is -0.578. The molecule has 5 nitrogen and oxygen atoms in total. The molecule has 0 amide bonds. The fourth-order valence-corrected chi connectivity index (χ4v) is 1.40. The first-order valence-corrected chi connectivity index (χ1v) is 4.75. The van der Waals surface area contributed by atoms with Crippen molar-refractivity contribution in [3.63, 3.8) is 0 Å². The molecule has 0 aliphatic carbocycles. The Morgan fingerprint density at radius 3 is 2.44 bits per heavy atom. The average Bonchev–Trinajstić information content (AvgIpc) is 2.63. The Labute approximate surface area is 98.5 Å². The van der Waals surface area contributed by atoms with Gasteiger partial charge in [-0.05, 0) is 0 Å². The van der Waals surface area contributed by atoms with Crippen molar-refractivity contribution >= 4 is 5.97 Å². The topological polar surface area (TPSA) is 68.0 Å². The molecule has 0 unspecified atom stereocenters. The number of aliphatic carboxylic acids is 1. The van der Waals surface area contributed by atoms with Crippen LogP contribution in [0, 0.1) is 17.5 Å². The number of rotatable bonds is 3. The van der Waals surface area contributed by atoms with E-state index < -0.39 is 35.5 Å². The van der Waals surface area contributed by atoms with Gasteiger partial charge in [0.15, 0.2) is 11.6 Å². The van der Waals surface area contributed by atoms with Gasteiger partial charge in [-0.3, -0.25) is 4.79 Å². The van der Waals surface area contributed by atoms with Crippen LogP contribution in [0.25, 0.3) is 5.69 Å². The SMILES string of the molecule is O=C(O)Cc1cn(-c2c(F)cc(F)cc2F)nn1. The first-order chi connectivity index (χ1) is 8.47. The largest absolute Gasteiger partial charge is 0.481 e. The second-order valence-electron chi connectivity index (χ2n) is 3.44. The summed E-state index contributed by atoms with van der Waals surface area (Å²) in [5.74, 6) is -4.51. The first-order valence-electron chi connectivity index (χ1n) is 4.75. The van der Waals surface area contributed by atoms with Gasteiger partial charge < -0.3 is 5.11 Å². The third kappa shape index (κ3) is 2.31. The highest BCUT2D eigenvalue weighted by Gasteiger charge is 2.16. The zero-order valence-corrected chi connectivity index (χ0v) is 8.77. The molecule has 94 valence electrons. The second kappa shape index (κ2) is 4.47. The number of hydrogen-bond acceptors (Lipinski definition) is 3. The van der Waals surface area contributed by atoms with Crippen LogP contribution >= 0.6 is 0 Å². The fraction of sp³-hybridized carbons (Fsp3) is 0.100. The number of carbonyl (C=O) groups is 1. The summed E-state index contributed by atoms with van der Waals surface area (Å²) in [7, 11) is 0. The van der Waals surface area contributed by atoms with Crippen molar-refractivity contribution in [2.75, 3.05) is 0 Å². The predicted octanol–water partition coefficient (Wildman–Crippen LogP) is 1.31. The molecule has 0 spiro atoms. The summed E-state index contributed by atoms with van der Waals surface area (Å²) in [4.78, 5) is 10.4. The minimum Gasteiger partial charge on any atom is -0.481 e. The van der Waals surface area contributed by atoms with Crippen LogP contribution in [0.4, 0.5) is 13.2 Å². The fourth-order valence-electron chi connectivity index (χ4n) is 1.40. The summed E-state index contributed by atoms with van der Waals surface area (Å²) >= 11 is 0. The molecular weight excluding hydrogens is 251 g/mol. The Morgan fingerprint density at radius 2 is 1.89 bits per heavy atom. The maximum Gasteiger partial charge on any atom is 0.309 e. The summed E-state index contributed by atoms with van der Waals surface area (Å²) in [6, 6.07) is 0.994.